The molecule has 24 heavy (non-hydrogen) atoms. The number of hydrogen-bond acceptors (Lipinski definition) is 3. The van der Waals surface area contributed by atoms with Crippen LogP contribution in [0.15, 0.2) is 66.9 Å². The number of aromatic amines is 1. The van der Waals surface area contributed by atoms with Crippen LogP contribution in [0.4, 0.5) is 4.79 Å². The summed E-state index contributed by atoms with van der Waals surface area (Å²) in [4.78, 5) is 14.1. The van der Waals surface area contributed by atoms with E-state index in [1.54, 1.807) is 10.9 Å². The van der Waals surface area contributed by atoms with Crippen LogP contribution in [0.25, 0.3) is 27.8 Å². The number of aromatic nitrogens is 3. The zero-order valence-corrected chi connectivity index (χ0v) is 12.5. The predicted octanol–water partition coefficient (Wildman–Crippen LogP) is 4.08. The molecule has 4 rings (SSSR count). The summed E-state index contributed by atoms with van der Waals surface area (Å²) in [6.45, 7) is 0. The van der Waals surface area contributed by atoms with Gasteiger partial charge in [-0.1, -0.05) is 36.4 Å². The zero-order chi connectivity index (χ0) is 16.5. The number of fused-ring (bicyclic) bond motifs is 1. The van der Waals surface area contributed by atoms with Crippen molar-refractivity contribution in [2.75, 3.05) is 0 Å². The molecule has 2 N–H and O–H groups in total. The average Bonchev–Trinajstić information content (AvgIpc) is 3.18. The summed E-state index contributed by atoms with van der Waals surface area (Å²) >= 11 is 0. The fourth-order valence-corrected chi connectivity index (χ4v) is 2.80. The van der Waals surface area contributed by atoms with Crippen LogP contribution >= 0.6 is 0 Å². The third-order valence-corrected chi connectivity index (χ3v) is 3.76. The van der Waals surface area contributed by atoms with Crippen LogP contribution in [0.2, 0.25) is 0 Å². The molecule has 0 amide bonds. The van der Waals surface area contributed by atoms with Gasteiger partial charge in [-0.3, -0.25) is 0 Å². The van der Waals surface area contributed by atoms with Crippen molar-refractivity contribution in [3.8, 4) is 22.8 Å². The molecule has 0 aliphatic heterocycles. The molecule has 4 aromatic rings. The monoisotopic (exact) mass is 319 g/mol. The first-order chi connectivity index (χ1) is 11.7. The van der Waals surface area contributed by atoms with E-state index in [0.29, 0.717) is 5.56 Å². The third-order valence-electron chi connectivity index (χ3n) is 3.76. The summed E-state index contributed by atoms with van der Waals surface area (Å²) in [6, 6.07) is 19.0. The summed E-state index contributed by atoms with van der Waals surface area (Å²) in [5.74, 6) is 0.182. The summed E-state index contributed by atoms with van der Waals surface area (Å²) in [5, 5.41) is 14.3. The molecular weight excluding hydrogens is 306 g/mol. The second-order valence-corrected chi connectivity index (χ2v) is 5.21. The zero-order valence-electron chi connectivity index (χ0n) is 12.5. The van der Waals surface area contributed by atoms with Gasteiger partial charge in [0.1, 0.15) is 0 Å². The second kappa shape index (κ2) is 5.58. The lowest BCUT2D eigenvalue weighted by Gasteiger charge is -2.08. The van der Waals surface area contributed by atoms with Gasteiger partial charge in [0.2, 0.25) is 5.88 Å². The molecule has 118 valence electrons. The van der Waals surface area contributed by atoms with Gasteiger partial charge in [-0.05, 0) is 24.3 Å². The van der Waals surface area contributed by atoms with Crippen LogP contribution in [0.5, 0.6) is 5.88 Å². The van der Waals surface area contributed by atoms with Gasteiger partial charge in [-0.25, -0.2) is 9.48 Å². The van der Waals surface area contributed by atoms with E-state index in [1.165, 1.54) is 0 Å². The Balaban J connectivity index is 1.97. The number of rotatable bonds is 3. The highest BCUT2D eigenvalue weighted by Crippen LogP contribution is 2.38. The minimum absolute atomic E-state index is 0.182. The van der Waals surface area contributed by atoms with Gasteiger partial charge in [0.25, 0.3) is 0 Å². The maximum absolute atomic E-state index is 11.1. The van der Waals surface area contributed by atoms with Gasteiger partial charge >= 0.3 is 6.16 Å². The highest BCUT2D eigenvalue weighted by molar-refractivity contribution is 5.99. The van der Waals surface area contributed by atoms with E-state index in [-0.39, 0.29) is 5.88 Å². The highest BCUT2D eigenvalue weighted by Gasteiger charge is 2.20. The van der Waals surface area contributed by atoms with E-state index in [0.717, 1.165) is 22.3 Å². The number of nitrogens with zero attached hydrogens (tertiary/aromatic N) is 2. The van der Waals surface area contributed by atoms with Gasteiger partial charge in [0.05, 0.1) is 23.1 Å². The second-order valence-electron chi connectivity index (χ2n) is 5.21. The van der Waals surface area contributed by atoms with Crippen LogP contribution in [0.1, 0.15) is 0 Å². The van der Waals surface area contributed by atoms with E-state index in [1.807, 2.05) is 60.7 Å². The first-order valence-electron chi connectivity index (χ1n) is 7.35. The molecule has 0 unspecified atom stereocenters. The topological polar surface area (TPSA) is 80.1 Å². The van der Waals surface area contributed by atoms with Crippen molar-refractivity contribution in [1.29, 1.82) is 0 Å². The Hall–Kier alpha value is -3.54. The van der Waals surface area contributed by atoms with Gasteiger partial charge in [-0.15, -0.1) is 0 Å². The number of benzene rings is 2. The van der Waals surface area contributed by atoms with E-state index < -0.39 is 6.16 Å². The molecule has 2 aromatic heterocycles. The smallest absolute Gasteiger partial charge is 0.449 e. The Kier molecular flexibility index (Phi) is 3.28. The predicted molar refractivity (Wildman–Crippen MR) is 89.5 cm³/mol. The summed E-state index contributed by atoms with van der Waals surface area (Å²) in [5.41, 5.74) is 3.08. The molecule has 0 aliphatic carbocycles. The maximum atomic E-state index is 11.1. The molecule has 2 heterocycles. The molecule has 0 spiro atoms. The first kappa shape index (κ1) is 14.1. The van der Waals surface area contributed by atoms with E-state index >= 15 is 0 Å². The van der Waals surface area contributed by atoms with Gasteiger partial charge in [-0.2, -0.15) is 5.10 Å². The molecule has 0 bridgehead atoms. The van der Waals surface area contributed by atoms with Crippen LogP contribution < -0.4 is 4.74 Å². The first-order valence-corrected chi connectivity index (χ1v) is 7.35. The van der Waals surface area contributed by atoms with E-state index in [4.69, 9.17) is 9.84 Å². The van der Waals surface area contributed by atoms with Crippen LogP contribution in [-0.4, -0.2) is 26.0 Å². The van der Waals surface area contributed by atoms with Crippen molar-refractivity contribution in [3.63, 3.8) is 0 Å². The lowest BCUT2D eigenvalue weighted by atomic mass is 10.1. The molecule has 0 atom stereocenters. The summed E-state index contributed by atoms with van der Waals surface area (Å²) < 4.78 is 6.72. The number of H-pyrrole nitrogens is 1. The summed E-state index contributed by atoms with van der Waals surface area (Å²) in [6.07, 6.45) is 0.308. The van der Waals surface area contributed by atoms with Gasteiger partial charge < -0.3 is 14.8 Å². The Labute approximate surface area is 136 Å². The Morgan fingerprint density at radius 3 is 2.58 bits per heavy atom. The number of para-hydroxylation sites is 2. The van der Waals surface area contributed by atoms with Crippen LogP contribution in [0, 0.1) is 0 Å². The van der Waals surface area contributed by atoms with Crippen molar-refractivity contribution in [2.45, 2.75) is 0 Å². The molecule has 0 saturated heterocycles. The summed E-state index contributed by atoms with van der Waals surface area (Å²) in [7, 11) is 0. The molecule has 6 heteroatoms. The molecule has 2 aromatic carbocycles. The molecule has 0 radical (unpaired) electrons. The Morgan fingerprint density at radius 1 is 1.04 bits per heavy atom. The number of carboxylic acid groups (broad SMARTS) is 1. The molecule has 0 aliphatic rings. The van der Waals surface area contributed by atoms with Crippen molar-refractivity contribution in [1.82, 2.24) is 14.8 Å². The van der Waals surface area contributed by atoms with Crippen molar-refractivity contribution >= 4 is 17.1 Å². The fourth-order valence-electron chi connectivity index (χ4n) is 2.80. The number of carbonyl (C=O) groups is 1. The fraction of sp³-hybridized carbons (Fsp3) is 0. The SMILES string of the molecule is O=C(O)Oc1[nH]c2ccccc2c1-c1ccnn1-c1ccccc1. The normalized spacial score (nSPS) is 10.8. The largest absolute Gasteiger partial charge is 0.512 e. The van der Waals surface area contributed by atoms with Crippen molar-refractivity contribution < 1.29 is 14.6 Å². The van der Waals surface area contributed by atoms with Gasteiger partial charge in [0.15, 0.2) is 0 Å². The number of ether oxygens (including phenoxy) is 1. The van der Waals surface area contributed by atoms with Crippen LogP contribution in [0.3, 0.4) is 0 Å². The van der Waals surface area contributed by atoms with Crippen molar-refractivity contribution in [3.05, 3.63) is 66.9 Å². The standard InChI is InChI=1S/C18H13N3O3/c22-18(23)24-17-16(13-8-4-5-9-14(13)20-17)15-10-11-19-21(15)12-6-2-1-3-7-12/h1-11,20H,(H,22,23). The highest BCUT2D eigenvalue weighted by atomic mass is 16.7. The lowest BCUT2D eigenvalue weighted by Crippen LogP contribution is -2.05. The maximum Gasteiger partial charge on any atom is 0.512 e. The number of nitrogens with one attached hydrogen (secondary N) is 1. The molecular formula is C18H13N3O3. The van der Waals surface area contributed by atoms with E-state index in [9.17, 15) is 4.79 Å². The minimum Gasteiger partial charge on any atom is -0.449 e. The van der Waals surface area contributed by atoms with Crippen molar-refractivity contribution in [2.24, 2.45) is 0 Å². The van der Waals surface area contributed by atoms with Gasteiger partial charge in [0, 0.05) is 10.9 Å². The minimum atomic E-state index is -1.37. The van der Waals surface area contributed by atoms with Crippen LogP contribution in [-0.2, 0) is 0 Å². The lowest BCUT2D eigenvalue weighted by molar-refractivity contribution is 0.143. The molecule has 0 fully saturated rings. The average molecular weight is 319 g/mol. The third kappa shape index (κ3) is 2.30. The Bertz CT molecular complexity index is 1020. The number of hydrogen-bond donors (Lipinski definition) is 2. The van der Waals surface area contributed by atoms with E-state index in [2.05, 4.69) is 10.1 Å². The quantitative estimate of drug-likeness (QED) is 0.558. The molecule has 6 nitrogen and oxygen atoms in total. The molecule has 0 saturated carbocycles. The Morgan fingerprint density at radius 2 is 1.79 bits per heavy atom.